The number of ether oxygens (including phenoxy) is 1. The van der Waals surface area contributed by atoms with Gasteiger partial charge in [0.25, 0.3) is 11.8 Å². The molecule has 2 N–H and O–H groups in total. The summed E-state index contributed by atoms with van der Waals surface area (Å²) in [4.78, 5) is 36.4. The summed E-state index contributed by atoms with van der Waals surface area (Å²) in [6, 6.07) is 21.3. The molecule has 3 aromatic rings. The van der Waals surface area contributed by atoms with Crippen LogP contribution in [0.25, 0.3) is 10.8 Å². The Morgan fingerprint density at radius 1 is 0.771 bits per heavy atom. The summed E-state index contributed by atoms with van der Waals surface area (Å²) in [6.45, 7) is 0.703. The summed E-state index contributed by atoms with van der Waals surface area (Å²) in [5.41, 5.74) is 2.44. The lowest BCUT2D eigenvalue weighted by Crippen LogP contribution is -2.34. The molecule has 0 saturated heterocycles. The molecule has 0 atom stereocenters. The number of benzene rings is 3. The number of hydrogen-bond acceptors (Lipinski definition) is 4. The third-order valence-electron chi connectivity index (χ3n) is 6.88. The van der Waals surface area contributed by atoms with Crippen LogP contribution in [0.3, 0.4) is 0 Å². The Balaban J connectivity index is 1.20. The van der Waals surface area contributed by atoms with Gasteiger partial charge in [-0.25, -0.2) is 0 Å². The quantitative estimate of drug-likeness (QED) is 0.363. The van der Waals surface area contributed by atoms with Crippen LogP contribution < -0.4 is 10.6 Å². The number of carbonyl (C=O) groups is 3. The number of fused-ring (bicyclic) bond motifs is 1. The fourth-order valence-corrected chi connectivity index (χ4v) is 4.81. The summed E-state index contributed by atoms with van der Waals surface area (Å²) in [5.74, 6) is 0.433. The minimum absolute atomic E-state index is 0.128. The molecule has 4 rings (SSSR count). The topological polar surface area (TPSA) is 84.5 Å². The zero-order valence-electron chi connectivity index (χ0n) is 20.1. The van der Waals surface area contributed by atoms with E-state index in [1.54, 1.807) is 0 Å². The van der Waals surface area contributed by atoms with Crippen molar-refractivity contribution in [3.8, 4) is 0 Å². The zero-order valence-corrected chi connectivity index (χ0v) is 20.1. The lowest BCUT2D eigenvalue weighted by atomic mass is 9.77. The number of esters is 1. The molecule has 6 heteroatoms. The average Bonchev–Trinajstić information content (AvgIpc) is 2.91. The van der Waals surface area contributed by atoms with Crippen LogP contribution in [0.2, 0.25) is 0 Å². The maximum atomic E-state index is 12.5. The highest BCUT2D eigenvalue weighted by atomic mass is 16.5. The van der Waals surface area contributed by atoms with Crippen molar-refractivity contribution in [2.75, 3.05) is 20.2 Å². The molecule has 3 aromatic carbocycles. The van der Waals surface area contributed by atoms with Gasteiger partial charge in [-0.3, -0.25) is 14.4 Å². The van der Waals surface area contributed by atoms with Crippen LogP contribution in [0.1, 0.15) is 64.3 Å². The number of nitrogens with one attached hydrogen (secondary N) is 2. The highest BCUT2D eigenvalue weighted by Crippen LogP contribution is 2.37. The van der Waals surface area contributed by atoms with Gasteiger partial charge in [-0.05, 0) is 78.1 Å². The van der Waals surface area contributed by atoms with Gasteiger partial charge in [0, 0.05) is 30.6 Å². The molecule has 35 heavy (non-hydrogen) atoms. The van der Waals surface area contributed by atoms with Crippen molar-refractivity contribution in [1.29, 1.82) is 0 Å². The molecule has 1 saturated carbocycles. The van der Waals surface area contributed by atoms with E-state index >= 15 is 0 Å². The lowest BCUT2D eigenvalue weighted by molar-refractivity contribution is -0.142. The number of hydrogen-bond donors (Lipinski definition) is 2. The number of methoxy groups -OCH3 is 1. The fourth-order valence-electron chi connectivity index (χ4n) is 4.81. The van der Waals surface area contributed by atoms with E-state index in [2.05, 4.69) is 10.6 Å². The van der Waals surface area contributed by atoms with Crippen LogP contribution >= 0.6 is 0 Å². The van der Waals surface area contributed by atoms with Crippen molar-refractivity contribution in [3.63, 3.8) is 0 Å². The van der Waals surface area contributed by atoms with Crippen LogP contribution in [0, 0.1) is 5.92 Å². The van der Waals surface area contributed by atoms with Crippen LogP contribution in [0.4, 0.5) is 0 Å². The first-order valence-electron chi connectivity index (χ1n) is 12.3. The van der Waals surface area contributed by atoms with Gasteiger partial charge in [0.2, 0.25) is 0 Å². The number of carbonyl (C=O) groups excluding carboxylic acids is 3. The molecule has 1 fully saturated rings. The first-order valence-corrected chi connectivity index (χ1v) is 12.3. The molecule has 0 radical (unpaired) electrons. The van der Waals surface area contributed by atoms with Crippen molar-refractivity contribution in [2.45, 2.75) is 38.0 Å². The maximum Gasteiger partial charge on any atom is 0.305 e. The van der Waals surface area contributed by atoms with Gasteiger partial charge in [0.05, 0.1) is 7.11 Å². The van der Waals surface area contributed by atoms with Crippen LogP contribution in [-0.4, -0.2) is 38.0 Å². The second kappa shape index (κ2) is 11.6. The van der Waals surface area contributed by atoms with Crippen molar-refractivity contribution in [2.24, 2.45) is 5.92 Å². The average molecular weight is 473 g/mol. The van der Waals surface area contributed by atoms with Crippen molar-refractivity contribution in [3.05, 3.63) is 83.4 Å². The predicted octanol–water partition coefficient (Wildman–Crippen LogP) is 4.84. The van der Waals surface area contributed by atoms with Crippen molar-refractivity contribution >= 4 is 28.6 Å². The first kappa shape index (κ1) is 24.5. The number of rotatable bonds is 8. The van der Waals surface area contributed by atoms with Crippen LogP contribution in [0.15, 0.2) is 66.7 Å². The Morgan fingerprint density at radius 3 is 2.03 bits per heavy atom. The summed E-state index contributed by atoms with van der Waals surface area (Å²) < 4.78 is 4.78. The van der Waals surface area contributed by atoms with Gasteiger partial charge in [-0.1, -0.05) is 42.5 Å². The molecule has 0 aliphatic heterocycles. The first-order chi connectivity index (χ1) is 17.0. The van der Waals surface area contributed by atoms with E-state index in [9.17, 15) is 14.4 Å². The molecule has 0 heterocycles. The Kier molecular flexibility index (Phi) is 8.14. The fraction of sp³-hybridized carbons (Fsp3) is 0.345. The second-order valence-corrected chi connectivity index (χ2v) is 9.19. The highest BCUT2D eigenvalue weighted by molar-refractivity contribution is 5.98. The molecular weight excluding hydrogens is 440 g/mol. The lowest BCUT2D eigenvalue weighted by Gasteiger charge is -2.28. The molecule has 0 spiro atoms. The third-order valence-corrected chi connectivity index (χ3v) is 6.88. The predicted molar refractivity (Wildman–Crippen MR) is 136 cm³/mol. The van der Waals surface area contributed by atoms with Gasteiger partial charge < -0.3 is 15.4 Å². The minimum Gasteiger partial charge on any atom is -0.469 e. The number of amides is 2. The smallest absolute Gasteiger partial charge is 0.305 e. The van der Waals surface area contributed by atoms with E-state index in [0.29, 0.717) is 42.5 Å². The second-order valence-electron chi connectivity index (χ2n) is 9.19. The van der Waals surface area contributed by atoms with E-state index in [4.69, 9.17) is 4.74 Å². The van der Waals surface area contributed by atoms with Gasteiger partial charge in [0.15, 0.2) is 0 Å². The van der Waals surface area contributed by atoms with E-state index in [1.165, 1.54) is 12.7 Å². The van der Waals surface area contributed by atoms with Gasteiger partial charge in [0.1, 0.15) is 0 Å². The Hall–Kier alpha value is -3.67. The molecule has 182 valence electrons. The standard InChI is InChI=1S/C29H32N2O4/c1-35-27(32)18-20-6-8-22(9-7-20)23-10-13-24(14-11-23)28(33)30-16-17-31-29(34)26-15-12-21-4-2-3-5-25(21)19-26/h2-5,10-15,19-20,22H,6-9,16-18H2,1H3,(H,30,33)(H,31,34). The van der Waals surface area contributed by atoms with Crippen molar-refractivity contribution in [1.82, 2.24) is 10.6 Å². The highest BCUT2D eigenvalue weighted by Gasteiger charge is 2.24. The summed E-state index contributed by atoms with van der Waals surface area (Å²) in [7, 11) is 1.44. The molecule has 0 aromatic heterocycles. The van der Waals surface area contributed by atoms with Crippen LogP contribution in [0.5, 0.6) is 0 Å². The molecule has 2 amide bonds. The molecule has 1 aliphatic carbocycles. The monoisotopic (exact) mass is 472 g/mol. The Labute approximate surface area is 206 Å². The van der Waals surface area contributed by atoms with Crippen LogP contribution in [-0.2, 0) is 9.53 Å². The van der Waals surface area contributed by atoms with E-state index in [-0.39, 0.29) is 17.8 Å². The Bertz CT molecular complexity index is 1180. The molecular formula is C29H32N2O4. The third kappa shape index (κ3) is 6.47. The van der Waals surface area contributed by atoms with Crippen molar-refractivity contribution < 1.29 is 19.1 Å². The molecule has 0 bridgehead atoms. The Morgan fingerprint density at radius 2 is 1.37 bits per heavy atom. The maximum absolute atomic E-state index is 12.5. The molecule has 0 unspecified atom stereocenters. The zero-order chi connectivity index (χ0) is 24.6. The molecule has 1 aliphatic rings. The van der Waals surface area contributed by atoms with E-state index in [0.717, 1.165) is 36.5 Å². The van der Waals surface area contributed by atoms with Gasteiger partial charge in [-0.15, -0.1) is 0 Å². The molecule has 6 nitrogen and oxygen atoms in total. The summed E-state index contributed by atoms with van der Waals surface area (Å²) >= 11 is 0. The van der Waals surface area contributed by atoms with E-state index in [1.807, 2.05) is 66.7 Å². The SMILES string of the molecule is COC(=O)CC1CCC(c2ccc(C(=O)NCCNC(=O)c3ccc4ccccc4c3)cc2)CC1. The van der Waals surface area contributed by atoms with Gasteiger partial charge >= 0.3 is 5.97 Å². The van der Waals surface area contributed by atoms with E-state index < -0.39 is 0 Å². The summed E-state index contributed by atoms with van der Waals surface area (Å²) in [6.07, 6.45) is 4.64. The largest absolute Gasteiger partial charge is 0.469 e. The normalized spacial score (nSPS) is 17.5. The van der Waals surface area contributed by atoms with Gasteiger partial charge in [-0.2, -0.15) is 0 Å². The minimum atomic E-state index is -0.157. The summed E-state index contributed by atoms with van der Waals surface area (Å²) in [5, 5.41) is 7.84.